The minimum absolute atomic E-state index is 0.0261. The molecule has 0 heterocycles. The molecule has 138 valence electrons. The van der Waals surface area contributed by atoms with E-state index in [9.17, 15) is 13.2 Å². The van der Waals surface area contributed by atoms with Gasteiger partial charge in [0.25, 0.3) is 0 Å². The van der Waals surface area contributed by atoms with Crippen LogP contribution in [0.1, 0.15) is 6.92 Å². The van der Waals surface area contributed by atoms with E-state index in [2.05, 4.69) is 21.2 Å². The van der Waals surface area contributed by atoms with E-state index in [1.165, 1.54) is 18.2 Å². The molecule has 0 spiro atoms. The Hall–Kier alpha value is -1.54. The van der Waals surface area contributed by atoms with E-state index in [-0.39, 0.29) is 21.5 Å². The Labute approximate surface area is 170 Å². The third kappa shape index (κ3) is 5.01. The van der Waals surface area contributed by atoms with Crippen LogP contribution < -0.4 is 5.32 Å². The molecule has 5 nitrogen and oxygen atoms in total. The van der Waals surface area contributed by atoms with E-state index in [0.29, 0.717) is 5.69 Å². The van der Waals surface area contributed by atoms with Gasteiger partial charge in [-0.05, 0) is 49.4 Å². The first-order valence-electron chi connectivity index (χ1n) is 7.35. The Morgan fingerprint density at radius 2 is 1.85 bits per heavy atom. The summed E-state index contributed by atoms with van der Waals surface area (Å²) in [6, 6.07) is 10.9. The summed E-state index contributed by atoms with van der Waals surface area (Å²) in [6.07, 6.45) is 1.08. The van der Waals surface area contributed by atoms with Gasteiger partial charge in [0.1, 0.15) is 0 Å². The molecule has 2 rings (SSSR count). The summed E-state index contributed by atoms with van der Waals surface area (Å²) in [5.74, 6) is -0.983. The third-order valence-electron chi connectivity index (χ3n) is 3.16. The van der Waals surface area contributed by atoms with Gasteiger partial charge in [0.05, 0.1) is 16.5 Å². The highest BCUT2D eigenvalue weighted by Crippen LogP contribution is 2.30. The number of benzene rings is 2. The number of hydrogen-bond donors (Lipinski definition) is 1. The highest BCUT2D eigenvalue weighted by Gasteiger charge is 2.30. The van der Waals surface area contributed by atoms with E-state index in [1.54, 1.807) is 31.2 Å². The Kier molecular flexibility index (Phi) is 7.11. The fraction of sp³-hybridized carbons (Fsp3) is 0.118. The number of esters is 1. The van der Waals surface area contributed by atoms with Crippen LogP contribution in [0.25, 0.3) is 0 Å². The molecule has 9 heteroatoms. The van der Waals surface area contributed by atoms with Gasteiger partial charge in [-0.15, -0.1) is 0 Å². The molecular weight excluding hydrogens is 465 g/mol. The molecule has 0 unspecified atom stereocenters. The average Bonchev–Trinajstić information content (AvgIpc) is 2.56. The third-order valence-corrected chi connectivity index (χ3v) is 6.15. The van der Waals surface area contributed by atoms with Crippen LogP contribution in [0.4, 0.5) is 5.69 Å². The number of carbonyl (C=O) groups is 1. The molecule has 2 aromatic rings. The molecule has 1 N–H and O–H groups in total. The van der Waals surface area contributed by atoms with Crippen molar-refractivity contribution in [1.29, 1.82) is 0 Å². The lowest BCUT2D eigenvalue weighted by molar-refractivity contribution is -0.137. The number of ether oxygens (including phenoxy) is 1. The number of halogens is 3. The highest BCUT2D eigenvalue weighted by atomic mass is 79.9. The van der Waals surface area contributed by atoms with E-state index in [1.807, 2.05) is 0 Å². The van der Waals surface area contributed by atoms with Crippen LogP contribution in [0.2, 0.25) is 10.0 Å². The second kappa shape index (κ2) is 8.90. The van der Waals surface area contributed by atoms with Crippen LogP contribution in [0.3, 0.4) is 0 Å². The van der Waals surface area contributed by atoms with Gasteiger partial charge < -0.3 is 10.1 Å². The lowest BCUT2D eigenvalue weighted by atomic mass is 10.3. The van der Waals surface area contributed by atoms with Crippen LogP contribution in [-0.4, -0.2) is 21.0 Å². The maximum absolute atomic E-state index is 12.9. The largest absolute Gasteiger partial charge is 0.462 e. The Bertz CT molecular complexity index is 944. The lowest BCUT2D eigenvalue weighted by Crippen LogP contribution is -2.18. The molecule has 0 atom stereocenters. The number of anilines is 1. The van der Waals surface area contributed by atoms with Gasteiger partial charge in [-0.3, -0.25) is 0 Å². The Balaban J connectivity index is 2.47. The molecule has 0 aliphatic rings. The summed E-state index contributed by atoms with van der Waals surface area (Å²) in [4.78, 5) is 11.4. The minimum atomic E-state index is -4.22. The molecule has 2 aromatic carbocycles. The normalized spacial score (nSPS) is 11.9. The number of carbonyl (C=O) groups excluding carboxylic acids is 1. The van der Waals surface area contributed by atoms with Crippen LogP contribution in [0.15, 0.2) is 62.9 Å². The number of rotatable bonds is 6. The first-order valence-corrected chi connectivity index (χ1v) is 10.4. The maximum Gasteiger partial charge on any atom is 0.351 e. The fourth-order valence-electron chi connectivity index (χ4n) is 1.96. The van der Waals surface area contributed by atoms with Crippen molar-refractivity contribution >= 4 is 60.6 Å². The lowest BCUT2D eigenvalue weighted by Gasteiger charge is -2.11. The van der Waals surface area contributed by atoms with Crippen molar-refractivity contribution in [2.24, 2.45) is 0 Å². The van der Waals surface area contributed by atoms with Gasteiger partial charge in [0, 0.05) is 21.4 Å². The molecule has 0 aliphatic carbocycles. The van der Waals surface area contributed by atoms with E-state index in [4.69, 9.17) is 27.9 Å². The van der Waals surface area contributed by atoms with Crippen molar-refractivity contribution in [3.8, 4) is 0 Å². The zero-order valence-corrected chi connectivity index (χ0v) is 17.4. The number of nitrogens with one attached hydrogen (secondary N) is 1. The molecule has 0 saturated heterocycles. The highest BCUT2D eigenvalue weighted by molar-refractivity contribution is 9.10. The predicted octanol–water partition coefficient (Wildman–Crippen LogP) is 5.05. The van der Waals surface area contributed by atoms with E-state index >= 15 is 0 Å². The summed E-state index contributed by atoms with van der Waals surface area (Å²) in [7, 11) is -4.22. The standard InChI is InChI=1S/C17H14BrCl2NO4S/c1-2-25-17(22)16(10-21-13-6-3-11(18)4-7-13)26(23,24)15-8-5-12(19)9-14(15)20/h3-10,21H,2H2,1H3/b16-10+. The SMILES string of the molecule is CCOC(=O)/C(=C\Nc1ccc(Br)cc1)S(=O)(=O)c1ccc(Cl)cc1Cl. The minimum Gasteiger partial charge on any atom is -0.462 e. The Morgan fingerprint density at radius 3 is 2.42 bits per heavy atom. The summed E-state index contributed by atoms with van der Waals surface area (Å²) in [5.41, 5.74) is 0.590. The second-order valence-corrected chi connectivity index (χ2v) is 8.60. The Morgan fingerprint density at radius 1 is 1.19 bits per heavy atom. The van der Waals surface area contributed by atoms with Gasteiger partial charge in [-0.1, -0.05) is 39.1 Å². The van der Waals surface area contributed by atoms with Gasteiger partial charge in [0.2, 0.25) is 9.84 Å². The molecule has 0 saturated carbocycles. The molecule has 0 aromatic heterocycles. The van der Waals surface area contributed by atoms with Crippen LogP contribution >= 0.6 is 39.1 Å². The smallest absolute Gasteiger partial charge is 0.351 e. The van der Waals surface area contributed by atoms with Crippen LogP contribution in [0.5, 0.6) is 0 Å². The van der Waals surface area contributed by atoms with Crippen molar-refractivity contribution in [3.63, 3.8) is 0 Å². The second-order valence-electron chi connectivity index (χ2n) is 4.96. The molecule has 0 bridgehead atoms. The van der Waals surface area contributed by atoms with Crippen LogP contribution in [0, 0.1) is 0 Å². The first kappa shape index (κ1) is 20.8. The summed E-state index contributed by atoms with van der Waals surface area (Å²) < 4.78 is 31.6. The molecular formula is C17H14BrCl2NO4S. The summed E-state index contributed by atoms with van der Waals surface area (Å²) in [5, 5.41) is 2.98. The van der Waals surface area contributed by atoms with Gasteiger partial charge in [0.15, 0.2) is 4.91 Å². The molecule has 0 amide bonds. The zero-order chi connectivity index (χ0) is 19.3. The monoisotopic (exact) mass is 477 g/mol. The number of hydrogen-bond acceptors (Lipinski definition) is 5. The van der Waals surface area contributed by atoms with Crippen molar-refractivity contribution in [2.45, 2.75) is 11.8 Å². The first-order chi connectivity index (χ1) is 12.3. The van der Waals surface area contributed by atoms with Crippen molar-refractivity contribution in [1.82, 2.24) is 0 Å². The van der Waals surface area contributed by atoms with E-state index < -0.39 is 20.7 Å². The fourth-order valence-corrected chi connectivity index (χ4v) is 4.22. The van der Waals surface area contributed by atoms with Gasteiger partial charge in [-0.25, -0.2) is 13.2 Å². The van der Waals surface area contributed by atoms with Crippen molar-refractivity contribution in [3.05, 3.63) is 68.1 Å². The molecule has 26 heavy (non-hydrogen) atoms. The molecule has 0 fully saturated rings. The topological polar surface area (TPSA) is 72.5 Å². The average molecular weight is 479 g/mol. The van der Waals surface area contributed by atoms with Gasteiger partial charge >= 0.3 is 5.97 Å². The molecule has 0 radical (unpaired) electrons. The molecule has 0 aliphatic heterocycles. The predicted molar refractivity (Wildman–Crippen MR) is 106 cm³/mol. The van der Waals surface area contributed by atoms with Crippen molar-refractivity contribution in [2.75, 3.05) is 11.9 Å². The van der Waals surface area contributed by atoms with E-state index in [0.717, 1.165) is 10.7 Å². The van der Waals surface area contributed by atoms with Crippen LogP contribution in [-0.2, 0) is 19.4 Å². The quantitative estimate of drug-likeness (QED) is 0.464. The van der Waals surface area contributed by atoms with Crippen molar-refractivity contribution < 1.29 is 17.9 Å². The number of sulfone groups is 1. The maximum atomic E-state index is 12.9. The van der Waals surface area contributed by atoms with Gasteiger partial charge in [-0.2, -0.15) is 0 Å². The summed E-state index contributed by atoms with van der Waals surface area (Å²) >= 11 is 15.1. The zero-order valence-electron chi connectivity index (χ0n) is 13.5. The summed E-state index contributed by atoms with van der Waals surface area (Å²) in [6.45, 7) is 1.61.